The number of hydrogen-bond donors (Lipinski definition) is 0. The van der Waals surface area contributed by atoms with Crippen LogP contribution in [0.3, 0.4) is 0 Å². The minimum absolute atomic E-state index is 0. The summed E-state index contributed by atoms with van der Waals surface area (Å²) in [6, 6.07) is 38.0. The smallest absolute Gasteiger partial charge is 1.00 e. The maximum absolute atomic E-state index is 5.38. The third kappa shape index (κ3) is 5.70. The van der Waals surface area contributed by atoms with Crippen molar-refractivity contribution in [2.24, 2.45) is 4.74 Å². The monoisotopic (exact) mass is 544 g/mol. The average Bonchev–Trinajstić information content (AvgIpc) is 2.77. The van der Waals surface area contributed by atoms with Crippen molar-refractivity contribution in [1.82, 2.24) is 4.98 Å². The molecule has 4 rings (SSSR count). The third-order valence-electron chi connectivity index (χ3n) is 4.56. The Hall–Kier alpha value is -1.72. The summed E-state index contributed by atoms with van der Waals surface area (Å²) >= 11 is 0. The van der Waals surface area contributed by atoms with Crippen molar-refractivity contribution in [1.29, 1.82) is 0 Å². The number of benzene rings is 3. The van der Waals surface area contributed by atoms with E-state index in [2.05, 4.69) is 96.0 Å². The van der Waals surface area contributed by atoms with E-state index in [9.17, 15) is 0 Å². The molecule has 0 radical (unpaired) electrons. The van der Waals surface area contributed by atoms with Crippen LogP contribution in [-0.2, 0) is 27.0 Å². The minimum Gasteiger partial charge on any atom is -1.00 e. The summed E-state index contributed by atoms with van der Waals surface area (Å²) in [6.45, 7) is 0.591. The van der Waals surface area contributed by atoms with Gasteiger partial charge in [-0.3, -0.25) is 9.73 Å². The van der Waals surface area contributed by atoms with Gasteiger partial charge in [0.25, 0.3) is 0 Å². The van der Waals surface area contributed by atoms with E-state index in [0.717, 1.165) is 5.69 Å². The van der Waals surface area contributed by atoms with Crippen molar-refractivity contribution in [3.05, 3.63) is 121 Å². The van der Waals surface area contributed by atoms with E-state index < -0.39 is 7.05 Å². The zero-order valence-electron chi connectivity index (χ0n) is 16.1. The zero-order chi connectivity index (χ0) is 18.4. The van der Waals surface area contributed by atoms with Gasteiger partial charge in [0.15, 0.2) is 0 Å². The maximum Gasteiger partial charge on any atom is 2.00 e. The molecule has 1 heterocycles. The number of nitrogens with zero attached hydrogens (tertiary/aromatic N) is 2. The van der Waals surface area contributed by atoms with Gasteiger partial charge >= 0.3 is 20.4 Å². The van der Waals surface area contributed by atoms with E-state index in [1.165, 1.54) is 15.9 Å². The van der Waals surface area contributed by atoms with E-state index in [4.69, 9.17) is 4.74 Å². The van der Waals surface area contributed by atoms with Crippen LogP contribution in [0.4, 0.5) is 0 Å². The van der Waals surface area contributed by atoms with Gasteiger partial charge < -0.3 is 24.8 Å². The summed E-state index contributed by atoms with van der Waals surface area (Å²) in [5.41, 5.74) is 0.990. The van der Waals surface area contributed by atoms with E-state index in [1.54, 1.807) is 0 Å². The molecule has 0 unspecified atom stereocenters. The first-order chi connectivity index (χ1) is 13.4. The number of hydrogen-bond acceptors (Lipinski definition) is 2. The summed E-state index contributed by atoms with van der Waals surface area (Å²) < 4.78 is 5.38. The Morgan fingerprint density at radius 2 is 0.967 bits per heavy atom. The van der Waals surface area contributed by atoms with Gasteiger partial charge in [0.1, 0.15) is 0 Å². The first-order valence-electron chi connectivity index (χ1n) is 9.04. The SMILES string of the molecule is [Cl-].[Cl-].[Pd+2].c1ccc(P(=NCc2ccccn2)(c2ccccc2)c2ccccc2)cc1. The standard InChI is InChI=1S/C24H21N2P.2ClH.Pd/c1-4-13-22(14-5-1)27(23-15-6-2-7-16-23,24-17-8-3-9-18-24)26-20-21-12-10-11-19-25-21;;;/h1-19H,20H2;2*1H;/q;;;+2/p-2. The van der Waals surface area contributed by atoms with E-state index in [-0.39, 0.29) is 45.2 Å². The number of pyridine rings is 1. The summed E-state index contributed by atoms with van der Waals surface area (Å²) in [5.74, 6) is 0. The van der Waals surface area contributed by atoms with E-state index >= 15 is 0 Å². The van der Waals surface area contributed by atoms with Crippen molar-refractivity contribution in [2.45, 2.75) is 6.54 Å². The fourth-order valence-electron chi connectivity index (χ4n) is 3.29. The molecule has 2 nitrogen and oxygen atoms in total. The fourth-order valence-corrected chi connectivity index (χ4v) is 6.85. The van der Waals surface area contributed by atoms with Crippen LogP contribution in [0.1, 0.15) is 5.69 Å². The van der Waals surface area contributed by atoms with Gasteiger partial charge in [0.2, 0.25) is 0 Å². The fraction of sp³-hybridized carbons (Fsp3) is 0.0417. The normalized spacial score (nSPS) is 10.0. The molecule has 0 spiro atoms. The molecule has 0 saturated carbocycles. The Morgan fingerprint density at radius 3 is 1.33 bits per heavy atom. The molecule has 0 aliphatic heterocycles. The van der Waals surface area contributed by atoms with Gasteiger partial charge in [-0.25, -0.2) is 0 Å². The second-order valence-electron chi connectivity index (χ2n) is 6.26. The molecule has 30 heavy (non-hydrogen) atoms. The Morgan fingerprint density at radius 1 is 0.567 bits per heavy atom. The molecule has 6 heteroatoms. The number of halogens is 2. The van der Waals surface area contributed by atoms with Crippen molar-refractivity contribution >= 4 is 23.0 Å². The maximum atomic E-state index is 5.38. The molecule has 0 saturated heterocycles. The third-order valence-corrected chi connectivity index (χ3v) is 8.26. The zero-order valence-corrected chi connectivity index (χ0v) is 20.1. The molecular formula is C24H21Cl2N2PPd. The molecule has 0 bridgehead atoms. The predicted octanol–water partition coefficient (Wildman–Crippen LogP) is -1.24. The van der Waals surface area contributed by atoms with E-state index in [0.29, 0.717) is 6.54 Å². The number of rotatable bonds is 5. The Labute approximate surface area is 204 Å². The van der Waals surface area contributed by atoms with E-state index in [1.807, 2.05) is 24.4 Å². The Balaban J connectivity index is 0.00000150. The van der Waals surface area contributed by atoms with Crippen LogP contribution in [0.5, 0.6) is 0 Å². The van der Waals surface area contributed by atoms with Crippen LogP contribution in [0.25, 0.3) is 0 Å². The Bertz CT molecular complexity index is 944. The molecule has 3 aromatic carbocycles. The molecule has 0 atom stereocenters. The van der Waals surface area contributed by atoms with Crippen molar-refractivity contribution in [2.75, 3.05) is 0 Å². The molecule has 0 aliphatic rings. The van der Waals surface area contributed by atoms with Crippen LogP contribution in [0.2, 0.25) is 0 Å². The molecule has 0 N–H and O–H groups in total. The van der Waals surface area contributed by atoms with Crippen LogP contribution in [0, 0.1) is 0 Å². The average molecular weight is 546 g/mol. The van der Waals surface area contributed by atoms with Crippen LogP contribution in [0.15, 0.2) is 120 Å². The largest absolute Gasteiger partial charge is 2.00 e. The van der Waals surface area contributed by atoms with Gasteiger partial charge in [0, 0.05) is 22.1 Å². The summed E-state index contributed by atoms with van der Waals surface area (Å²) in [5, 5.41) is 3.79. The first kappa shape index (κ1) is 26.3. The topological polar surface area (TPSA) is 25.2 Å². The molecule has 0 amide bonds. The van der Waals surface area contributed by atoms with Gasteiger partial charge in [-0.2, -0.15) is 0 Å². The minimum atomic E-state index is -2.13. The second-order valence-corrected chi connectivity index (χ2v) is 9.37. The molecule has 156 valence electrons. The van der Waals surface area contributed by atoms with Crippen molar-refractivity contribution in [3.8, 4) is 0 Å². The summed E-state index contributed by atoms with van der Waals surface area (Å²) in [7, 11) is -2.13. The van der Waals surface area contributed by atoms with Crippen LogP contribution >= 0.6 is 7.05 Å². The first-order valence-corrected chi connectivity index (χ1v) is 10.8. The van der Waals surface area contributed by atoms with Gasteiger partial charge in [-0.05, 0) is 12.1 Å². The van der Waals surface area contributed by atoms with Crippen molar-refractivity contribution < 1.29 is 45.2 Å². The molecule has 1 aromatic heterocycles. The molecule has 0 aliphatic carbocycles. The molecule has 0 fully saturated rings. The Kier molecular flexibility index (Phi) is 11.3. The van der Waals surface area contributed by atoms with Gasteiger partial charge in [-0.15, -0.1) is 0 Å². The number of aromatic nitrogens is 1. The van der Waals surface area contributed by atoms with Gasteiger partial charge in [-0.1, -0.05) is 97.1 Å². The summed E-state index contributed by atoms with van der Waals surface area (Å²) in [6.07, 6.45) is 1.83. The second kappa shape index (κ2) is 12.9. The predicted molar refractivity (Wildman–Crippen MR) is 116 cm³/mol. The summed E-state index contributed by atoms with van der Waals surface area (Å²) in [4.78, 5) is 4.49. The van der Waals surface area contributed by atoms with Crippen molar-refractivity contribution in [3.63, 3.8) is 0 Å². The quantitative estimate of drug-likeness (QED) is 0.228. The van der Waals surface area contributed by atoms with Crippen LogP contribution < -0.4 is 40.7 Å². The molecular weight excluding hydrogens is 525 g/mol. The van der Waals surface area contributed by atoms with Gasteiger partial charge in [0.05, 0.1) is 19.3 Å². The molecule has 4 aromatic rings. The van der Waals surface area contributed by atoms with Crippen LogP contribution in [-0.4, -0.2) is 4.98 Å².